The van der Waals surface area contributed by atoms with Crippen molar-refractivity contribution in [1.29, 1.82) is 0 Å². The van der Waals surface area contributed by atoms with Gasteiger partial charge in [0.05, 0.1) is 19.1 Å². The van der Waals surface area contributed by atoms with Crippen LogP contribution in [0, 0.1) is 0 Å². The van der Waals surface area contributed by atoms with Crippen LogP contribution < -0.4 is 9.80 Å². The first kappa shape index (κ1) is 17.4. The Labute approximate surface area is 120 Å². The molecular formula is C10H19N5O6. The normalized spacial score (nSPS) is 11.0. The van der Waals surface area contributed by atoms with E-state index in [0.29, 0.717) is 0 Å². The van der Waals surface area contributed by atoms with Crippen molar-refractivity contribution in [3.8, 4) is 0 Å². The number of aliphatic hydroxyl groups is 6. The van der Waals surface area contributed by atoms with Crippen LogP contribution in [0.4, 0.5) is 11.9 Å². The molecule has 0 spiro atoms. The Balaban J connectivity index is 3.30. The highest BCUT2D eigenvalue weighted by Crippen LogP contribution is 2.18. The molecule has 120 valence electrons. The van der Waals surface area contributed by atoms with Crippen molar-refractivity contribution in [3.05, 3.63) is 5.82 Å². The van der Waals surface area contributed by atoms with Crippen molar-refractivity contribution in [3.63, 3.8) is 0 Å². The number of anilines is 2. The van der Waals surface area contributed by atoms with E-state index in [1.807, 2.05) is 0 Å². The molecule has 0 bridgehead atoms. The summed E-state index contributed by atoms with van der Waals surface area (Å²) in [6.07, 6.45) is 0. The molecule has 0 unspecified atom stereocenters. The zero-order valence-corrected chi connectivity index (χ0v) is 11.2. The van der Waals surface area contributed by atoms with E-state index >= 15 is 0 Å². The van der Waals surface area contributed by atoms with E-state index in [2.05, 4.69) is 15.0 Å². The fourth-order valence-electron chi connectivity index (χ4n) is 1.40. The molecular weight excluding hydrogens is 286 g/mol. The quantitative estimate of drug-likeness (QED) is 0.249. The summed E-state index contributed by atoms with van der Waals surface area (Å²) < 4.78 is 0. The van der Waals surface area contributed by atoms with Gasteiger partial charge in [0.15, 0.2) is 0 Å². The van der Waals surface area contributed by atoms with Crippen LogP contribution in [0.1, 0.15) is 11.7 Å². The average Bonchev–Trinajstić information content (AvgIpc) is 2.51. The molecule has 0 aliphatic rings. The van der Waals surface area contributed by atoms with Crippen molar-refractivity contribution >= 4 is 11.9 Å². The summed E-state index contributed by atoms with van der Waals surface area (Å²) in [7, 11) is 0. The van der Waals surface area contributed by atoms with E-state index in [-0.39, 0.29) is 17.7 Å². The highest BCUT2D eigenvalue weighted by molar-refractivity contribution is 5.38. The van der Waals surface area contributed by atoms with Crippen LogP contribution in [-0.4, -0.2) is 85.7 Å². The third-order valence-corrected chi connectivity index (χ3v) is 2.68. The van der Waals surface area contributed by atoms with E-state index in [1.54, 1.807) is 0 Å². The summed E-state index contributed by atoms with van der Waals surface area (Å²) in [6.45, 7) is -3.20. The molecule has 11 heteroatoms. The molecule has 0 atom stereocenters. The first-order valence-electron chi connectivity index (χ1n) is 6.06. The minimum atomic E-state index is -0.802. The van der Waals surface area contributed by atoms with Crippen LogP contribution in [0.2, 0.25) is 0 Å². The molecule has 0 amide bonds. The number of hydrogen-bond acceptors (Lipinski definition) is 11. The van der Waals surface area contributed by atoms with Gasteiger partial charge in [0.25, 0.3) is 0 Å². The Morgan fingerprint density at radius 1 is 0.667 bits per heavy atom. The molecule has 0 aliphatic carbocycles. The van der Waals surface area contributed by atoms with Gasteiger partial charge < -0.3 is 30.6 Å². The molecule has 11 nitrogen and oxygen atoms in total. The monoisotopic (exact) mass is 305 g/mol. The lowest BCUT2D eigenvalue weighted by atomic mass is 10.1. The Kier molecular flexibility index (Phi) is 7.14. The third kappa shape index (κ3) is 4.17. The maximum atomic E-state index is 9.18. The molecule has 0 radical (unpaired) electrons. The summed E-state index contributed by atoms with van der Waals surface area (Å²) in [6, 6.07) is 0. The second-order valence-corrected chi connectivity index (χ2v) is 4.00. The lowest BCUT2D eigenvalue weighted by molar-refractivity contribution is 0.186. The molecule has 0 saturated carbocycles. The summed E-state index contributed by atoms with van der Waals surface area (Å²) in [5, 5.41) is 54.9. The van der Waals surface area contributed by atoms with Gasteiger partial charge in [-0.1, -0.05) is 0 Å². The highest BCUT2D eigenvalue weighted by Gasteiger charge is 2.20. The lowest BCUT2D eigenvalue weighted by Gasteiger charge is -2.22. The molecule has 1 aromatic rings. The van der Waals surface area contributed by atoms with Gasteiger partial charge in [-0.3, -0.25) is 9.80 Å². The zero-order valence-electron chi connectivity index (χ0n) is 11.2. The summed E-state index contributed by atoms with van der Waals surface area (Å²) in [5.41, 5.74) is 0. The van der Waals surface area contributed by atoms with Crippen LogP contribution >= 0.6 is 0 Å². The minimum Gasteiger partial charge on any atom is -0.396 e. The largest absolute Gasteiger partial charge is 0.396 e. The second-order valence-electron chi connectivity index (χ2n) is 4.00. The molecule has 6 N–H and O–H groups in total. The molecule has 0 aromatic carbocycles. The number of nitrogens with zero attached hydrogens (tertiary/aromatic N) is 5. The highest BCUT2D eigenvalue weighted by atomic mass is 16.3. The van der Waals surface area contributed by atoms with Crippen LogP contribution in [0.15, 0.2) is 0 Å². The van der Waals surface area contributed by atoms with Crippen molar-refractivity contribution in [2.24, 2.45) is 0 Å². The van der Waals surface area contributed by atoms with Gasteiger partial charge in [0, 0.05) is 0 Å². The number of hydrogen-bond donors (Lipinski definition) is 6. The molecule has 1 rings (SSSR count). The summed E-state index contributed by atoms with van der Waals surface area (Å²) in [5.74, 6) is -1.06. The standard InChI is InChI=1S/C10H19N5O6/c16-1-7(2-17)8-11-9(14(3-18)4-19)13-10(12-8)15(5-20)6-21/h7,16-21H,1-6H2. The summed E-state index contributed by atoms with van der Waals surface area (Å²) in [4.78, 5) is 13.7. The topological polar surface area (TPSA) is 167 Å². The predicted octanol–water partition coefficient (Wildman–Crippen LogP) is -3.65. The van der Waals surface area contributed by atoms with Crippen molar-refractivity contribution < 1.29 is 30.6 Å². The first-order chi connectivity index (χ1) is 10.1. The first-order valence-corrected chi connectivity index (χ1v) is 6.06. The van der Waals surface area contributed by atoms with E-state index in [0.717, 1.165) is 9.80 Å². The number of aromatic nitrogens is 3. The Hall–Kier alpha value is -1.63. The van der Waals surface area contributed by atoms with Gasteiger partial charge >= 0.3 is 0 Å². The summed E-state index contributed by atoms with van der Waals surface area (Å²) >= 11 is 0. The van der Waals surface area contributed by atoms with Gasteiger partial charge in [0.2, 0.25) is 11.9 Å². The van der Waals surface area contributed by atoms with Gasteiger partial charge in [-0.25, -0.2) is 0 Å². The minimum absolute atomic E-state index is 0.00111. The smallest absolute Gasteiger partial charge is 0.234 e. The van der Waals surface area contributed by atoms with Gasteiger partial charge in [-0.05, 0) is 0 Å². The Bertz CT molecular complexity index is 350. The SMILES string of the molecule is OCC(CO)c1nc(N(CO)CO)nc(N(CO)CO)n1. The number of rotatable bonds is 9. The maximum Gasteiger partial charge on any atom is 0.234 e. The van der Waals surface area contributed by atoms with E-state index in [4.69, 9.17) is 20.4 Å². The van der Waals surface area contributed by atoms with Crippen molar-refractivity contribution in [2.45, 2.75) is 5.92 Å². The molecule has 21 heavy (non-hydrogen) atoms. The fourth-order valence-corrected chi connectivity index (χ4v) is 1.40. The molecule has 1 heterocycles. The Morgan fingerprint density at radius 2 is 1.05 bits per heavy atom. The zero-order chi connectivity index (χ0) is 15.8. The molecule has 0 fully saturated rings. The maximum absolute atomic E-state index is 9.18. The predicted molar refractivity (Wildman–Crippen MR) is 70.0 cm³/mol. The van der Waals surface area contributed by atoms with Gasteiger partial charge in [-0.2, -0.15) is 15.0 Å². The van der Waals surface area contributed by atoms with E-state index in [1.165, 1.54) is 0 Å². The third-order valence-electron chi connectivity index (χ3n) is 2.68. The van der Waals surface area contributed by atoms with E-state index in [9.17, 15) is 10.2 Å². The molecule has 1 aromatic heterocycles. The van der Waals surface area contributed by atoms with Crippen LogP contribution in [0.5, 0.6) is 0 Å². The molecule has 0 saturated heterocycles. The van der Waals surface area contributed by atoms with Gasteiger partial charge in [-0.15, -0.1) is 0 Å². The number of aliphatic hydroxyl groups excluding tert-OH is 6. The average molecular weight is 305 g/mol. The van der Waals surface area contributed by atoms with Crippen molar-refractivity contribution in [1.82, 2.24) is 15.0 Å². The van der Waals surface area contributed by atoms with Crippen LogP contribution in [0.3, 0.4) is 0 Å². The van der Waals surface area contributed by atoms with Crippen molar-refractivity contribution in [2.75, 3.05) is 49.9 Å². The lowest BCUT2D eigenvalue weighted by Crippen LogP contribution is -2.32. The van der Waals surface area contributed by atoms with Crippen LogP contribution in [-0.2, 0) is 0 Å². The fraction of sp³-hybridized carbons (Fsp3) is 0.700. The second kappa shape index (κ2) is 8.61. The van der Waals surface area contributed by atoms with Gasteiger partial charge in [0.1, 0.15) is 32.7 Å². The Morgan fingerprint density at radius 3 is 1.33 bits per heavy atom. The van der Waals surface area contributed by atoms with E-state index < -0.39 is 46.1 Å². The molecule has 0 aliphatic heterocycles. The van der Waals surface area contributed by atoms with Crippen LogP contribution in [0.25, 0.3) is 0 Å².